The second-order valence-electron chi connectivity index (χ2n) is 7.07. The summed E-state index contributed by atoms with van der Waals surface area (Å²) in [5.41, 5.74) is 0.767. The van der Waals surface area contributed by atoms with Crippen LogP contribution in [-0.4, -0.2) is 24.9 Å². The van der Waals surface area contributed by atoms with Crippen molar-refractivity contribution in [2.24, 2.45) is 5.41 Å². The van der Waals surface area contributed by atoms with Crippen LogP contribution in [0.3, 0.4) is 0 Å². The second kappa shape index (κ2) is 9.35. The highest BCUT2D eigenvalue weighted by Crippen LogP contribution is 2.22. The maximum absolute atomic E-state index is 13.7. The number of nitrogens with zero attached hydrogens (tertiary/aromatic N) is 1. The predicted octanol–water partition coefficient (Wildman–Crippen LogP) is 3.95. The molecule has 6 heteroatoms. The maximum Gasteiger partial charge on any atom is 0.239 e. The number of nitrogens with one attached hydrogen (secondary N) is 2. The van der Waals surface area contributed by atoms with Crippen molar-refractivity contribution in [3.8, 4) is 0 Å². The monoisotopic (exact) mass is 385 g/mol. The van der Waals surface area contributed by atoms with Gasteiger partial charge in [0.25, 0.3) is 0 Å². The zero-order valence-corrected chi connectivity index (χ0v) is 16.9. The molecule has 0 unspecified atom stereocenters. The lowest BCUT2D eigenvalue weighted by Crippen LogP contribution is -2.45. The van der Waals surface area contributed by atoms with Gasteiger partial charge in [-0.15, -0.1) is 0 Å². The summed E-state index contributed by atoms with van der Waals surface area (Å²) in [6.07, 6.45) is 0. The molecule has 2 aromatic rings. The standard InChI is InChI=1S/C22H28FN3O2/c1-5-26(6-2)18-13-11-17(12-14-18)25-21(28)22(3,4)20(27)24-15-16-9-7-8-10-19(16)23/h7-14H,5-6,15H2,1-4H3,(H,24,27)(H,25,28). The first-order valence-corrected chi connectivity index (χ1v) is 9.47. The molecule has 0 bridgehead atoms. The zero-order valence-electron chi connectivity index (χ0n) is 16.9. The first-order chi connectivity index (χ1) is 13.3. The lowest BCUT2D eigenvalue weighted by Gasteiger charge is -2.24. The van der Waals surface area contributed by atoms with Crippen LogP contribution in [0.5, 0.6) is 0 Å². The van der Waals surface area contributed by atoms with Gasteiger partial charge in [-0.1, -0.05) is 18.2 Å². The molecular weight excluding hydrogens is 357 g/mol. The van der Waals surface area contributed by atoms with Crippen LogP contribution in [0.25, 0.3) is 0 Å². The fourth-order valence-corrected chi connectivity index (χ4v) is 2.77. The van der Waals surface area contributed by atoms with E-state index in [1.807, 2.05) is 24.3 Å². The number of hydrogen-bond acceptors (Lipinski definition) is 3. The molecule has 0 atom stereocenters. The molecule has 0 heterocycles. The predicted molar refractivity (Wildman–Crippen MR) is 111 cm³/mol. The smallest absolute Gasteiger partial charge is 0.239 e. The topological polar surface area (TPSA) is 61.4 Å². The molecule has 0 saturated heterocycles. The van der Waals surface area contributed by atoms with Gasteiger partial charge < -0.3 is 15.5 Å². The molecule has 2 aromatic carbocycles. The number of rotatable bonds is 8. The van der Waals surface area contributed by atoms with Gasteiger partial charge in [0.1, 0.15) is 11.2 Å². The lowest BCUT2D eigenvalue weighted by molar-refractivity contribution is -0.138. The molecule has 0 aliphatic carbocycles. The van der Waals surface area contributed by atoms with Crippen molar-refractivity contribution in [1.82, 2.24) is 5.32 Å². The van der Waals surface area contributed by atoms with Crippen LogP contribution in [0.1, 0.15) is 33.3 Å². The largest absolute Gasteiger partial charge is 0.372 e. The average molecular weight is 385 g/mol. The Hall–Kier alpha value is -2.89. The van der Waals surface area contributed by atoms with E-state index in [0.29, 0.717) is 11.3 Å². The molecule has 0 aliphatic heterocycles. The fourth-order valence-electron chi connectivity index (χ4n) is 2.77. The Morgan fingerprint density at radius 1 is 0.964 bits per heavy atom. The zero-order chi connectivity index (χ0) is 20.7. The van der Waals surface area contributed by atoms with Gasteiger partial charge in [0, 0.05) is 36.6 Å². The first-order valence-electron chi connectivity index (χ1n) is 9.47. The molecule has 0 spiro atoms. The third-order valence-electron chi connectivity index (χ3n) is 4.79. The summed E-state index contributed by atoms with van der Waals surface area (Å²) in [5, 5.41) is 5.42. The van der Waals surface area contributed by atoms with Crippen molar-refractivity contribution in [3.63, 3.8) is 0 Å². The van der Waals surface area contributed by atoms with Gasteiger partial charge in [-0.25, -0.2) is 4.39 Å². The summed E-state index contributed by atoms with van der Waals surface area (Å²) in [7, 11) is 0. The number of carbonyl (C=O) groups excluding carboxylic acids is 2. The molecule has 150 valence electrons. The average Bonchev–Trinajstić information content (AvgIpc) is 2.69. The highest BCUT2D eigenvalue weighted by atomic mass is 19.1. The van der Waals surface area contributed by atoms with Gasteiger partial charge in [0.15, 0.2) is 0 Å². The van der Waals surface area contributed by atoms with Crippen LogP contribution >= 0.6 is 0 Å². The quantitative estimate of drug-likeness (QED) is 0.677. The Bertz CT molecular complexity index is 815. The van der Waals surface area contributed by atoms with Crippen LogP contribution in [0.15, 0.2) is 48.5 Å². The van der Waals surface area contributed by atoms with Crippen molar-refractivity contribution in [3.05, 3.63) is 59.9 Å². The Morgan fingerprint density at radius 3 is 2.14 bits per heavy atom. The van der Waals surface area contributed by atoms with E-state index in [1.54, 1.807) is 32.0 Å². The summed E-state index contributed by atoms with van der Waals surface area (Å²) >= 11 is 0. The van der Waals surface area contributed by atoms with E-state index in [4.69, 9.17) is 0 Å². The molecule has 28 heavy (non-hydrogen) atoms. The normalized spacial score (nSPS) is 11.0. The lowest BCUT2D eigenvalue weighted by atomic mass is 9.90. The first kappa shape index (κ1) is 21.4. The maximum atomic E-state index is 13.7. The van der Waals surface area contributed by atoms with Crippen molar-refractivity contribution in [1.29, 1.82) is 0 Å². The Balaban J connectivity index is 1.99. The Labute approximate surface area is 165 Å². The van der Waals surface area contributed by atoms with Gasteiger partial charge in [0.05, 0.1) is 0 Å². The molecule has 0 aliphatic rings. The molecule has 0 aromatic heterocycles. The van der Waals surface area contributed by atoms with Crippen LogP contribution in [0.2, 0.25) is 0 Å². The minimum Gasteiger partial charge on any atom is -0.372 e. The van der Waals surface area contributed by atoms with Crippen LogP contribution in [-0.2, 0) is 16.1 Å². The molecular formula is C22H28FN3O2. The highest BCUT2D eigenvalue weighted by Gasteiger charge is 2.36. The van der Waals surface area contributed by atoms with E-state index >= 15 is 0 Å². The molecule has 5 nitrogen and oxygen atoms in total. The van der Waals surface area contributed by atoms with E-state index in [9.17, 15) is 14.0 Å². The van der Waals surface area contributed by atoms with Crippen molar-refractivity contribution >= 4 is 23.2 Å². The van der Waals surface area contributed by atoms with E-state index in [2.05, 4.69) is 29.4 Å². The molecule has 2 rings (SSSR count). The molecule has 0 radical (unpaired) electrons. The fraction of sp³-hybridized carbons (Fsp3) is 0.364. The van der Waals surface area contributed by atoms with E-state index in [1.165, 1.54) is 6.07 Å². The van der Waals surface area contributed by atoms with E-state index in [-0.39, 0.29) is 6.54 Å². The number of benzene rings is 2. The van der Waals surface area contributed by atoms with Gasteiger partial charge in [-0.3, -0.25) is 9.59 Å². The van der Waals surface area contributed by atoms with Crippen molar-refractivity contribution in [2.45, 2.75) is 34.2 Å². The van der Waals surface area contributed by atoms with Crippen LogP contribution in [0.4, 0.5) is 15.8 Å². The Kier molecular flexibility index (Phi) is 7.15. The van der Waals surface area contributed by atoms with Gasteiger partial charge in [-0.2, -0.15) is 0 Å². The SMILES string of the molecule is CCN(CC)c1ccc(NC(=O)C(C)(C)C(=O)NCc2ccccc2F)cc1. The molecule has 0 fully saturated rings. The summed E-state index contributed by atoms with van der Waals surface area (Å²) < 4.78 is 13.7. The summed E-state index contributed by atoms with van der Waals surface area (Å²) in [5.74, 6) is -1.28. The van der Waals surface area contributed by atoms with Crippen LogP contribution in [0, 0.1) is 11.2 Å². The third kappa shape index (κ3) is 5.09. The van der Waals surface area contributed by atoms with Crippen LogP contribution < -0.4 is 15.5 Å². The van der Waals surface area contributed by atoms with E-state index < -0.39 is 23.0 Å². The minimum atomic E-state index is -1.30. The summed E-state index contributed by atoms with van der Waals surface area (Å²) in [6.45, 7) is 9.09. The van der Waals surface area contributed by atoms with Crippen molar-refractivity contribution in [2.75, 3.05) is 23.3 Å². The molecule has 2 amide bonds. The summed E-state index contributed by atoms with van der Waals surface area (Å²) in [6, 6.07) is 13.7. The van der Waals surface area contributed by atoms with Gasteiger partial charge in [0.2, 0.25) is 11.8 Å². The number of halogens is 1. The number of hydrogen-bond donors (Lipinski definition) is 2. The molecule has 0 saturated carbocycles. The second-order valence-corrected chi connectivity index (χ2v) is 7.07. The number of amides is 2. The molecule has 2 N–H and O–H groups in total. The number of anilines is 2. The minimum absolute atomic E-state index is 0.0286. The van der Waals surface area contributed by atoms with Gasteiger partial charge >= 0.3 is 0 Å². The third-order valence-corrected chi connectivity index (χ3v) is 4.79. The Morgan fingerprint density at radius 2 is 1.57 bits per heavy atom. The highest BCUT2D eigenvalue weighted by molar-refractivity contribution is 6.09. The summed E-state index contributed by atoms with van der Waals surface area (Å²) in [4.78, 5) is 27.3. The van der Waals surface area contributed by atoms with E-state index in [0.717, 1.165) is 18.8 Å². The number of carbonyl (C=O) groups is 2. The van der Waals surface area contributed by atoms with Crippen molar-refractivity contribution < 1.29 is 14.0 Å². The van der Waals surface area contributed by atoms with Gasteiger partial charge in [-0.05, 0) is 58.0 Å².